The monoisotopic (exact) mass is 287 g/mol. The molecule has 2 rings (SSSR count). The van der Waals surface area contributed by atoms with Gasteiger partial charge in [0, 0.05) is 12.5 Å². The lowest BCUT2D eigenvalue weighted by atomic mass is 10.2. The number of hydrogen-bond acceptors (Lipinski definition) is 4. The van der Waals surface area contributed by atoms with Crippen LogP contribution in [0.4, 0.5) is 0 Å². The van der Waals surface area contributed by atoms with E-state index >= 15 is 0 Å². The van der Waals surface area contributed by atoms with Crippen LogP contribution in [0.15, 0.2) is 21.7 Å². The normalized spacial score (nSPS) is 16.9. The van der Waals surface area contributed by atoms with Crippen LogP contribution in [0.2, 0.25) is 0 Å². The summed E-state index contributed by atoms with van der Waals surface area (Å²) in [4.78, 5) is 11.6. The SMILES string of the molecule is O=C(CCS(=O)(=O)c1cccs1)NC1CCCC1. The van der Waals surface area contributed by atoms with E-state index < -0.39 is 9.84 Å². The summed E-state index contributed by atoms with van der Waals surface area (Å²) in [6.45, 7) is 0. The summed E-state index contributed by atoms with van der Waals surface area (Å²) >= 11 is 1.19. The highest BCUT2D eigenvalue weighted by Gasteiger charge is 2.20. The molecule has 1 aromatic rings. The highest BCUT2D eigenvalue weighted by atomic mass is 32.2. The van der Waals surface area contributed by atoms with Crippen LogP contribution in [0.5, 0.6) is 0 Å². The molecule has 100 valence electrons. The Hall–Kier alpha value is -0.880. The Labute approximate surface area is 111 Å². The van der Waals surface area contributed by atoms with Crippen LogP contribution in [0.25, 0.3) is 0 Å². The molecule has 0 radical (unpaired) electrons. The van der Waals surface area contributed by atoms with Crippen LogP contribution >= 0.6 is 11.3 Å². The summed E-state index contributed by atoms with van der Waals surface area (Å²) in [5.41, 5.74) is 0. The van der Waals surface area contributed by atoms with Crippen molar-refractivity contribution in [3.8, 4) is 0 Å². The van der Waals surface area contributed by atoms with Gasteiger partial charge in [-0.05, 0) is 24.3 Å². The minimum Gasteiger partial charge on any atom is -0.353 e. The third kappa shape index (κ3) is 3.55. The third-order valence-corrected chi connectivity index (χ3v) is 6.32. The number of rotatable bonds is 5. The van der Waals surface area contributed by atoms with Gasteiger partial charge in [0.15, 0.2) is 9.84 Å². The number of nitrogens with one attached hydrogen (secondary N) is 1. The molecule has 1 amide bonds. The Morgan fingerprint density at radius 1 is 1.39 bits per heavy atom. The zero-order valence-electron chi connectivity index (χ0n) is 10.1. The smallest absolute Gasteiger partial charge is 0.221 e. The summed E-state index contributed by atoms with van der Waals surface area (Å²) < 4.78 is 24.1. The molecule has 0 unspecified atom stereocenters. The first-order chi connectivity index (χ1) is 8.58. The minimum atomic E-state index is -3.29. The molecule has 1 fully saturated rings. The molecule has 1 aromatic heterocycles. The van der Waals surface area contributed by atoms with E-state index in [2.05, 4.69) is 5.32 Å². The highest BCUT2D eigenvalue weighted by molar-refractivity contribution is 7.93. The molecule has 0 aromatic carbocycles. The fraction of sp³-hybridized carbons (Fsp3) is 0.583. The van der Waals surface area contributed by atoms with Crippen molar-refractivity contribution < 1.29 is 13.2 Å². The number of carbonyl (C=O) groups excluding carboxylic acids is 1. The molecule has 18 heavy (non-hydrogen) atoms. The van der Waals surface area contributed by atoms with Crippen LogP contribution in [-0.2, 0) is 14.6 Å². The fourth-order valence-electron chi connectivity index (χ4n) is 2.14. The summed E-state index contributed by atoms with van der Waals surface area (Å²) in [6.07, 6.45) is 4.39. The Morgan fingerprint density at radius 2 is 2.11 bits per heavy atom. The molecule has 1 aliphatic rings. The van der Waals surface area contributed by atoms with Gasteiger partial charge in [0.05, 0.1) is 5.75 Å². The van der Waals surface area contributed by atoms with Crippen LogP contribution in [-0.4, -0.2) is 26.1 Å². The third-order valence-electron chi connectivity index (χ3n) is 3.12. The molecule has 1 aliphatic carbocycles. The minimum absolute atomic E-state index is 0.0523. The highest BCUT2D eigenvalue weighted by Crippen LogP contribution is 2.19. The predicted octanol–water partition coefficient (Wildman–Crippen LogP) is 1.97. The van der Waals surface area contributed by atoms with Crippen LogP contribution in [0.1, 0.15) is 32.1 Å². The van der Waals surface area contributed by atoms with E-state index in [0.29, 0.717) is 4.21 Å². The maximum atomic E-state index is 11.9. The molecule has 0 spiro atoms. The second kappa shape index (κ2) is 5.84. The molecule has 4 nitrogen and oxygen atoms in total. The summed E-state index contributed by atoms with van der Waals surface area (Å²) in [5, 5.41) is 4.62. The molecule has 0 bridgehead atoms. The molecular weight excluding hydrogens is 270 g/mol. The second-order valence-corrected chi connectivity index (χ2v) is 7.83. The standard InChI is InChI=1S/C12H17NO3S2/c14-11(13-10-4-1-2-5-10)7-9-18(15,16)12-6-3-8-17-12/h3,6,8,10H,1-2,4-5,7,9H2,(H,13,14). The van der Waals surface area contributed by atoms with Gasteiger partial charge in [-0.3, -0.25) is 4.79 Å². The van der Waals surface area contributed by atoms with Crippen molar-refractivity contribution in [3.05, 3.63) is 17.5 Å². The Bertz CT molecular complexity index is 487. The average Bonchev–Trinajstić information content (AvgIpc) is 2.99. The molecule has 6 heteroatoms. The number of carbonyl (C=O) groups is 1. The van der Waals surface area contributed by atoms with Crippen LogP contribution in [0.3, 0.4) is 0 Å². The quantitative estimate of drug-likeness (QED) is 0.900. The molecule has 1 N–H and O–H groups in total. The van der Waals surface area contributed by atoms with Crippen molar-refractivity contribution in [1.82, 2.24) is 5.32 Å². The Kier molecular flexibility index (Phi) is 4.40. The number of sulfone groups is 1. The zero-order chi connectivity index (χ0) is 13.0. The molecule has 0 saturated heterocycles. The summed E-state index contributed by atoms with van der Waals surface area (Å²) in [6, 6.07) is 3.53. The van der Waals surface area contributed by atoms with Crippen LogP contribution in [0, 0.1) is 0 Å². The first kappa shape index (κ1) is 13.5. The van der Waals surface area contributed by atoms with Gasteiger partial charge in [-0.1, -0.05) is 18.9 Å². The van der Waals surface area contributed by atoms with E-state index in [1.165, 1.54) is 11.3 Å². The van der Waals surface area contributed by atoms with Gasteiger partial charge in [-0.2, -0.15) is 0 Å². The first-order valence-corrected chi connectivity index (χ1v) is 8.67. The van der Waals surface area contributed by atoms with Gasteiger partial charge in [0.1, 0.15) is 4.21 Å². The summed E-state index contributed by atoms with van der Waals surface area (Å²) in [5.74, 6) is -0.256. The molecule has 1 saturated carbocycles. The van der Waals surface area contributed by atoms with Gasteiger partial charge >= 0.3 is 0 Å². The number of thiophene rings is 1. The van der Waals surface area contributed by atoms with Gasteiger partial charge in [-0.25, -0.2) is 8.42 Å². The van der Waals surface area contributed by atoms with Crippen molar-refractivity contribution in [1.29, 1.82) is 0 Å². The molecule has 0 aliphatic heterocycles. The molecule has 0 atom stereocenters. The van der Waals surface area contributed by atoms with Crippen molar-refractivity contribution in [3.63, 3.8) is 0 Å². The molecule has 1 heterocycles. The van der Waals surface area contributed by atoms with Crippen molar-refractivity contribution in [2.45, 2.75) is 42.4 Å². The van der Waals surface area contributed by atoms with Gasteiger partial charge < -0.3 is 5.32 Å². The van der Waals surface area contributed by atoms with Crippen molar-refractivity contribution in [2.24, 2.45) is 0 Å². The zero-order valence-corrected chi connectivity index (χ0v) is 11.7. The average molecular weight is 287 g/mol. The van der Waals surface area contributed by atoms with Gasteiger partial charge in [-0.15, -0.1) is 11.3 Å². The molecular formula is C12H17NO3S2. The maximum Gasteiger partial charge on any atom is 0.221 e. The van der Waals surface area contributed by atoms with Gasteiger partial charge in [0.2, 0.25) is 5.91 Å². The lowest BCUT2D eigenvalue weighted by Crippen LogP contribution is -2.33. The lowest BCUT2D eigenvalue weighted by molar-refractivity contribution is -0.121. The van der Waals surface area contributed by atoms with Crippen molar-refractivity contribution in [2.75, 3.05) is 5.75 Å². The largest absolute Gasteiger partial charge is 0.353 e. The Balaban J connectivity index is 1.82. The van der Waals surface area contributed by atoms with Crippen molar-refractivity contribution >= 4 is 27.1 Å². The van der Waals surface area contributed by atoms with E-state index in [-0.39, 0.29) is 24.1 Å². The van der Waals surface area contributed by atoms with E-state index in [1.54, 1.807) is 17.5 Å². The topological polar surface area (TPSA) is 63.2 Å². The number of amides is 1. The van der Waals surface area contributed by atoms with E-state index in [1.807, 2.05) is 0 Å². The fourth-order valence-corrected chi connectivity index (χ4v) is 4.53. The Morgan fingerprint density at radius 3 is 2.72 bits per heavy atom. The summed E-state index contributed by atoms with van der Waals surface area (Å²) in [7, 11) is -3.29. The lowest BCUT2D eigenvalue weighted by Gasteiger charge is -2.11. The van der Waals surface area contributed by atoms with Crippen LogP contribution < -0.4 is 5.32 Å². The first-order valence-electron chi connectivity index (χ1n) is 6.13. The van der Waals surface area contributed by atoms with E-state index in [0.717, 1.165) is 25.7 Å². The van der Waals surface area contributed by atoms with E-state index in [9.17, 15) is 13.2 Å². The maximum absolute atomic E-state index is 11.9. The van der Waals surface area contributed by atoms with Gasteiger partial charge in [0.25, 0.3) is 0 Å². The van der Waals surface area contributed by atoms with E-state index in [4.69, 9.17) is 0 Å². The number of hydrogen-bond donors (Lipinski definition) is 1. The second-order valence-electron chi connectivity index (χ2n) is 4.55. The predicted molar refractivity (Wildman–Crippen MR) is 71.4 cm³/mol.